The molecule has 0 aliphatic carbocycles. The molecule has 0 saturated carbocycles. The molecule has 0 saturated heterocycles. The fourth-order valence-electron chi connectivity index (χ4n) is 0.631. The van der Waals surface area contributed by atoms with Crippen molar-refractivity contribution in [1.82, 2.24) is 10.6 Å². The Kier molecular flexibility index (Phi) is 21.4. The number of nitrogens with two attached hydrogens (primary N) is 4. The molecule has 0 aliphatic rings. The second-order valence-electron chi connectivity index (χ2n) is 2.65. The smallest absolute Gasteiger partial charge is 0.00772 e. The number of hydrogen-bond acceptors (Lipinski definition) is 6. The van der Waals surface area contributed by atoms with Crippen molar-refractivity contribution < 1.29 is 0 Å². The van der Waals surface area contributed by atoms with Gasteiger partial charge in [-0.3, -0.25) is 0 Å². The maximum absolute atomic E-state index is 5.27. The average Bonchev–Trinajstić information content (AvgIpc) is 2.24. The fraction of sp³-hybridized carbons (Fsp3) is 1.00. The lowest BCUT2D eigenvalue weighted by Gasteiger charge is -2.03. The van der Waals surface area contributed by atoms with Crippen LogP contribution in [0.2, 0.25) is 0 Å². The van der Waals surface area contributed by atoms with E-state index >= 15 is 0 Å². The van der Waals surface area contributed by atoms with Crippen LogP contribution in [-0.2, 0) is 0 Å². The minimum absolute atomic E-state index is 0.597. The average molecular weight is 206 g/mol. The van der Waals surface area contributed by atoms with E-state index in [2.05, 4.69) is 10.6 Å². The Labute approximate surface area is 86.8 Å². The zero-order valence-corrected chi connectivity index (χ0v) is 8.97. The molecule has 0 radical (unpaired) electrons. The predicted octanol–water partition coefficient (Wildman–Crippen LogP) is -3.01. The van der Waals surface area contributed by atoms with Gasteiger partial charge in [-0.15, -0.1) is 0 Å². The first-order chi connectivity index (χ1) is 6.83. The summed E-state index contributed by atoms with van der Waals surface area (Å²) >= 11 is 0. The van der Waals surface area contributed by atoms with Crippen molar-refractivity contribution in [3.63, 3.8) is 0 Å². The van der Waals surface area contributed by atoms with Gasteiger partial charge in [-0.05, 0) is 0 Å². The molecule has 0 unspecified atom stereocenters. The van der Waals surface area contributed by atoms with Crippen LogP contribution in [0.15, 0.2) is 0 Å². The summed E-state index contributed by atoms with van der Waals surface area (Å²) in [5, 5.41) is 6.33. The lowest BCUT2D eigenvalue weighted by molar-refractivity contribution is 0.618. The van der Waals surface area contributed by atoms with Crippen molar-refractivity contribution in [2.45, 2.75) is 0 Å². The van der Waals surface area contributed by atoms with Gasteiger partial charge >= 0.3 is 0 Å². The maximum atomic E-state index is 5.27. The van der Waals surface area contributed by atoms with Crippen LogP contribution in [0.5, 0.6) is 0 Å². The minimum Gasteiger partial charge on any atom is -0.329 e. The summed E-state index contributed by atoms with van der Waals surface area (Å²) in [6.07, 6.45) is 0. The van der Waals surface area contributed by atoms with Crippen LogP contribution in [0.3, 0.4) is 0 Å². The molecule has 88 valence electrons. The molecule has 0 aliphatic heterocycles. The molecule has 0 bridgehead atoms. The molecule has 0 heterocycles. The Hall–Kier alpha value is -0.240. The van der Waals surface area contributed by atoms with Gasteiger partial charge in [-0.2, -0.15) is 0 Å². The van der Waals surface area contributed by atoms with Gasteiger partial charge < -0.3 is 33.6 Å². The van der Waals surface area contributed by atoms with Crippen LogP contribution in [0, 0.1) is 0 Å². The largest absolute Gasteiger partial charge is 0.329 e. The molecule has 0 rings (SSSR count). The Morgan fingerprint density at radius 1 is 0.500 bits per heavy atom. The van der Waals surface area contributed by atoms with Gasteiger partial charge in [0.15, 0.2) is 0 Å². The van der Waals surface area contributed by atoms with Crippen molar-refractivity contribution in [2.24, 2.45) is 22.9 Å². The van der Waals surface area contributed by atoms with Crippen LogP contribution in [0.25, 0.3) is 0 Å². The van der Waals surface area contributed by atoms with Gasteiger partial charge in [0.1, 0.15) is 0 Å². The highest BCUT2D eigenvalue weighted by molar-refractivity contribution is 4.51. The molecule has 0 spiro atoms. The van der Waals surface area contributed by atoms with Gasteiger partial charge in [-0.1, -0.05) is 0 Å². The zero-order valence-electron chi connectivity index (χ0n) is 8.97. The highest BCUT2D eigenvalue weighted by Crippen LogP contribution is 1.57. The second kappa shape index (κ2) is 18.5. The molecule has 0 aromatic heterocycles. The van der Waals surface area contributed by atoms with E-state index in [1.165, 1.54) is 0 Å². The molecule has 6 heteroatoms. The molecule has 10 N–H and O–H groups in total. The fourth-order valence-corrected chi connectivity index (χ4v) is 0.631. The van der Waals surface area contributed by atoms with Crippen LogP contribution in [0.4, 0.5) is 0 Å². The van der Waals surface area contributed by atoms with E-state index in [4.69, 9.17) is 22.9 Å². The van der Waals surface area contributed by atoms with Crippen molar-refractivity contribution in [2.75, 3.05) is 52.4 Å². The second-order valence-corrected chi connectivity index (χ2v) is 2.65. The highest BCUT2D eigenvalue weighted by Gasteiger charge is 1.83. The van der Waals surface area contributed by atoms with E-state index in [-0.39, 0.29) is 0 Å². The zero-order chi connectivity index (χ0) is 11.1. The van der Waals surface area contributed by atoms with Gasteiger partial charge in [0.05, 0.1) is 0 Å². The van der Waals surface area contributed by atoms with Crippen molar-refractivity contribution in [1.29, 1.82) is 0 Å². The van der Waals surface area contributed by atoms with Gasteiger partial charge in [0, 0.05) is 52.4 Å². The summed E-state index contributed by atoms with van der Waals surface area (Å²) in [6, 6.07) is 0. The first kappa shape index (κ1) is 16.2. The minimum atomic E-state index is 0.597. The first-order valence-corrected chi connectivity index (χ1v) is 5.05. The highest BCUT2D eigenvalue weighted by atomic mass is 14.9. The van der Waals surface area contributed by atoms with Crippen LogP contribution >= 0.6 is 0 Å². The number of hydrogen-bond donors (Lipinski definition) is 6. The maximum Gasteiger partial charge on any atom is 0.00772 e. The van der Waals surface area contributed by atoms with Gasteiger partial charge in [0.25, 0.3) is 0 Å². The Morgan fingerprint density at radius 2 is 0.857 bits per heavy atom. The number of rotatable bonds is 8. The Morgan fingerprint density at radius 3 is 1.07 bits per heavy atom. The normalized spacial score (nSPS) is 9.43. The molecule has 0 atom stereocenters. The standard InChI is InChI=1S/C6H18N4.C2H8N2/c7-1-3-9-5-6-10-4-2-8;3-1-2-4/h9-10H,1-8H2;1-4H2. The third-order valence-electron chi connectivity index (χ3n) is 1.29. The summed E-state index contributed by atoms with van der Waals surface area (Å²) in [6.45, 7) is 6.33. The summed E-state index contributed by atoms with van der Waals surface area (Å²) in [7, 11) is 0. The van der Waals surface area contributed by atoms with E-state index in [0.717, 1.165) is 26.2 Å². The lowest BCUT2D eigenvalue weighted by Crippen LogP contribution is -2.32. The van der Waals surface area contributed by atoms with Crippen molar-refractivity contribution in [3.8, 4) is 0 Å². The lowest BCUT2D eigenvalue weighted by atomic mass is 10.5. The van der Waals surface area contributed by atoms with E-state index < -0.39 is 0 Å². The molecule has 0 aromatic rings. The quantitative estimate of drug-likeness (QED) is 0.235. The summed E-state index contributed by atoms with van der Waals surface area (Å²) in [5.74, 6) is 0. The molecular weight excluding hydrogens is 180 g/mol. The van der Waals surface area contributed by atoms with E-state index in [0.29, 0.717) is 26.2 Å². The number of nitrogens with one attached hydrogen (secondary N) is 2. The van der Waals surface area contributed by atoms with Crippen molar-refractivity contribution >= 4 is 0 Å². The molecule has 0 aromatic carbocycles. The van der Waals surface area contributed by atoms with Gasteiger partial charge in [-0.25, -0.2) is 0 Å². The molecule has 0 fully saturated rings. The van der Waals surface area contributed by atoms with Gasteiger partial charge in [0.2, 0.25) is 0 Å². The van der Waals surface area contributed by atoms with Crippen LogP contribution in [0.1, 0.15) is 0 Å². The van der Waals surface area contributed by atoms with Crippen LogP contribution in [-0.4, -0.2) is 52.4 Å². The Bertz CT molecular complexity index is 70.2. The monoisotopic (exact) mass is 206 g/mol. The summed E-state index contributed by atoms with van der Waals surface area (Å²) in [5.41, 5.74) is 20.3. The molecule has 14 heavy (non-hydrogen) atoms. The van der Waals surface area contributed by atoms with Crippen molar-refractivity contribution in [3.05, 3.63) is 0 Å². The third-order valence-corrected chi connectivity index (χ3v) is 1.29. The predicted molar refractivity (Wildman–Crippen MR) is 62.0 cm³/mol. The molecule has 0 amide bonds. The SMILES string of the molecule is NCCN.NCCNCCNCCN. The topological polar surface area (TPSA) is 128 Å². The molecule has 6 nitrogen and oxygen atoms in total. The summed E-state index contributed by atoms with van der Waals surface area (Å²) in [4.78, 5) is 0. The summed E-state index contributed by atoms with van der Waals surface area (Å²) < 4.78 is 0. The first-order valence-electron chi connectivity index (χ1n) is 5.05. The van der Waals surface area contributed by atoms with E-state index in [1.54, 1.807) is 0 Å². The van der Waals surface area contributed by atoms with E-state index in [1.807, 2.05) is 0 Å². The molecular formula is C8H26N6. The van der Waals surface area contributed by atoms with Crippen LogP contribution < -0.4 is 33.6 Å². The Balaban J connectivity index is 0. The van der Waals surface area contributed by atoms with E-state index in [9.17, 15) is 0 Å². The third kappa shape index (κ3) is 22.6.